The van der Waals surface area contributed by atoms with E-state index in [4.69, 9.17) is 10.2 Å². The average Bonchev–Trinajstić information content (AvgIpc) is 2.85. The normalized spacial score (nSPS) is 12.5. The maximum Gasteiger partial charge on any atom is 0.117 e. The van der Waals surface area contributed by atoms with E-state index < -0.39 is 0 Å². The smallest absolute Gasteiger partial charge is 0.117 e. The van der Waals surface area contributed by atoms with E-state index in [9.17, 15) is 0 Å². The Hall–Kier alpha value is -1.58. The Morgan fingerprint density at radius 2 is 1.95 bits per heavy atom. The van der Waals surface area contributed by atoms with Gasteiger partial charge in [0, 0.05) is 6.04 Å². The second-order valence-electron chi connectivity index (χ2n) is 4.85. The molecule has 102 valence electrons. The van der Waals surface area contributed by atoms with Crippen molar-refractivity contribution in [2.75, 3.05) is 6.54 Å². The van der Waals surface area contributed by atoms with Gasteiger partial charge in [-0.05, 0) is 44.0 Å². The molecule has 1 heterocycles. The van der Waals surface area contributed by atoms with E-state index >= 15 is 0 Å². The van der Waals surface area contributed by atoms with Gasteiger partial charge in [-0.1, -0.05) is 30.3 Å². The van der Waals surface area contributed by atoms with Gasteiger partial charge in [0.15, 0.2) is 0 Å². The zero-order valence-electron chi connectivity index (χ0n) is 11.4. The van der Waals surface area contributed by atoms with Crippen molar-refractivity contribution in [3.8, 4) is 0 Å². The molecule has 2 rings (SSSR count). The van der Waals surface area contributed by atoms with Crippen LogP contribution in [-0.4, -0.2) is 6.54 Å². The summed E-state index contributed by atoms with van der Waals surface area (Å²) in [5, 5.41) is 3.37. The van der Waals surface area contributed by atoms with Gasteiger partial charge in [-0.2, -0.15) is 0 Å². The number of aryl methyl sites for hydroxylation is 1. The monoisotopic (exact) mass is 258 g/mol. The first-order chi connectivity index (χ1) is 9.25. The summed E-state index contributed by atoms with van der Waals surface area (Å²) in [5.74, 6) is 1.95. The highest BCUT2D eigenvalue weighted by molar-refractivity contribution is 5.18. The lowest BCUT2D eigenvalue weighted by Gasteiger charge is -2.11. The summed E-state index contributed by atoms with van der Waals surface area (Å²) in [6.07, 6.45) is 2.06. The minimum atomic E-state index is 0.133. The zero-order chi connectivity index (χ0) is 13.5. The SMILES string of the molecule is Cc1ccc(CNCCCC(N)c2ccccc2)o1. The molecule has 0 spiro atoms. The van der Waals surface area contributed by atoms with Crippen molar-refractivity contribution < 1.29 is 4.42 Å². The van der Waals surface area contributed by atoms with E-state index in [1.807, 2.05) is 37.3 Å². The summed E-state index contributed by atoms with van der Waals surface area (Å²) in [6, 6.07) is 14.4. The maximum absolute atomic E-state index is 6.15. The van der Waals surface area contributed by atoms with Crippen molar-refractivity contribution >= 4 is 0 Å². The Morgan fingerprint density at radius 1 is 1.16 bits per heavy atom. The molecule has 19 heavy (non-hydrogen) atoms. The van der Waals surface area contributed by atoms with Crippen LogP contribution < -0.4 is 11.1 Å². The highest BCUT2D eigenvalue weighted by atomic mass is 16.3. The lowest BCUT2D eigenvalue weighted by atomic mass is 10.0. The minimum Gasteiger partial charge on any atom is -0.465 e. The Labute approximate surface area is 114 Å². The quantitative estimate of drug-likeness (QED) is 0.750. The first-order valence-corrected chi connectivity index (χ1v) is 6.82. The van der Waals surface area contributed by atoms with E-state index in [0.29, 0.717) is 0 Å². The number of furan rings is 1. The summed E-state index contributed by atoms with van der Waals surface area (Å²) in [4.78, 5) is 0. The Morgan fingerprint density at radius 3 is 2.63 bits per heavy atom. The molecule has 0 saturated heterocycles. The summed E-state index contributed by atoms with van der Waals surface area (Å²) in [6.45, 7) is 3.71. The van der Waals surface area contributed by atoms with Gasteiger partial charge in [-0.25, -0.2) is 0 Å². The summed E-state index contributed by atoms with van der Waals surface area (Å²) in [7, 11) is 0. The Bertz CT molecular complexity index is 479. The molecule has 1 aromatic heterocycles. The number of nitrogens with two attached hydrogens (primary N) is 1. The highest BCUT2D eigenvalue weighted by Gasteiger charge is 2.04. The average molecular weight is 258 g/mol. The molecule has 0 fully saturated rings. The molecule has 0 radical (unpaired) electrons. The number of nitrogens with one attached hydrogen (secondary N) is 1. The van der Waals surface area contributed by atoms with Crippen molar-refractivity contribution in [3.63, 3.8) is 0 Å². The van der Waals surface area contributed by atoms with Gasteiger partial charge in [-0.15, -0.1) is 0 Å². The van der Waals surface area contributed by atoms with Crippen LogP contribution in [-0.2, 0) is 6.54 Å². The molecule has 0 aliphatic heterocycles. The molecule has 1 unspecified atom stereocenters. The van der Waals surface area contributed by atoms with Gasteiger partial charge >= 0.3 is 0 Å². The first-order valence-electron chi connectivity index (χ1n) is 6.82. The third-order valence-electron chi connectivity index (χ3n) is 3.19. The predicted octanol–water partition coefficient (Wildman–Crippen LogP) is 3.16. The fourth-order valence-electron chi connectivity index (χ4n) is 2.11. The molecule has 1 aromatic carbocycles. The topological polar surface area (TPSA) is 51.2 Å². The molecule has 0 saturated carbocycles. The maximum atomic E-state index is 6.15. The molecule has 3 N–H and O–H groups in total. The largest absolute Gasteiger partial charge is 0.465 e. The van der Waals surface area contributed by atoms with Gasteiger partial charge in [0.05, 0.1) is 6.54 Å². The summed E-state index contributed by atoms with van der Waals surface area (Å²) < 4.78 is 5.49. The number of hydrogen-bond donors (Lipinski definition) is 2. The third-order valence-corrected chi connectivity index (χ3v) is 3.19. The van der Waals surface area contributed by atoms with E-state index in [2.05, 4.69) is 17.4 Å². The molecule has 0 bridgehead atoms. The van der Waals surface area contributed by atoms with Crippen LogP contribution in [0.25, 0.3) is 0 Å². The molecular formula is C16H22N2O. The van der Waals surface area contributed by atoms with Crippen LogP contribution in [0.15, 0.2) is 46.9 Å². The van der Waals surface area contributed by atoms with Crippen molar-refractivity contribution in [3.05, 3.63) is 59.5 Å². The van der Waals surface area contributed by atoms with Crippen LogP contribution in [0.3, 0.4) is 0 Å². The second-order valence-corrected chi connectivity index (χ2v) is 4.85. The van der Waals surface area contributed by atoms with Crippen molar-refractivity contribution in [2.24, 2.45) is 5.73 Å². The second kappa shape index (κ2) is 7.12. The van der Waals surface area contributed by atoms with Gasteiger partial charge in [-0.3, -0.25) is 0 Å². The van der Waals surface area contributed by atoms with Crippen LogP contribution in [0.1, 0.15) is 36.0 Å². The van der Waals surface area contributed by atoms with Gasteiger partial charge in [0.25, 0.3) is 0 Å². The lowest BCUT2D eigenvalue weighted by Crippen LogP contribution is -2.17. The Kier molecular flexibility index (Phi) is 5.19. The molecule has 0 amide bonds. The fourth-order valence-corrected chi connectivity index (χ4v) is 2.11. The molecule has 2 aromatic rings. The van der Waals surface area contributed by atoms with E-state index in [-0.39, 0.29) is 6.04 Å². The van der Waals surface area contributed by atoms with E-state index in [1.165, 1.54) is 5.56 Å². The minimum absolute atomic E-state index is 0.133. The third kappa shape index (κ3) is 4.54. The van der Waals surface area contributed by atoms with Crippen LogP contribution in [0.5, 0.6) is 0 Å². The highest BCUT2D eigenvalue weighted by Crippen LogP contribution is 2.14. The fraction of sp³-hybridized carbons (Fsp3) is 0.375. The molecule has 1 atom stereocenters. The van der Waals surface area contributed by atoms with E-state index in [1.54, 1.807) is 0 Å². The molecular weight excluding hydrogens is 236 g/mol. The number of benzene rings is 1. The molecule has 0 aliphatic rings. The van der Waals surface area contributed by atoms with Gasteiger partial charge in [0.2, 0.25) is 0 Å². The van der Waals surface area contributed by atoms with Crippen molar-refractivity contribution in [1.29, 1.82) is 0 Å². The van der Waals surface area contributed by atoms with Gasteiger partial charge in [0.1, 0.15) is 11.5 Å². The molecule has 0 aliphatic carbocycles. The van der Waals surface area contributed by atoms with Crippen molar-refractivity contribution in [1.82, 2.24) is 5.32 Å². The summed E-state index contributed by atoms with van der Waals surface area (Å²) in [5.41, 5.74) is 7.36. The zero-order valence-corrected chi connectivity index (χ0v) is 11.4. The summed E-state index contributed by atoms with van der Waals surface area (Å²) >= 11 is 0. The first kappa shape index (κ1) is 13.8. The van der Waals surface area contributed by atoms with Crippen LogP contribution in [0.4, 0.5) is 0 Å². The van der Waals surface area contributed by atoms with Crippen molar-refractivity contribution in [2.45, 2.75) is 32.4 Å². The number of rotatable bonds is 7. The van der Waals surface area contributed by atoms with Crippen LogP contribution in [0, 0.1) is 6.92 Å². The Balaban J connectivity index is 1.62. The van der Waals surface area contributed by atoms with Crippen LogP contribution in [0.2, 0.25) is 0 Å². The van der Waals surface area contributed by atoms with Gasteiger partial charge < -0.3 is 15.5 Å². The number of hydrogen-bond acceptors (Lipinski definition) is 3. The van der Waals surface area contributed by atoms with Crippen LogP contribution >= 0.6 is 0 Å². The standard InChI is InChI=1S/C16H22N2O/c1-13-9-10-15(19-13)12-18-11-5-8-16(17)14-6-3-2-4-7-14/h2-4,6-7,9-10,16,18H,5,8,11-12,17H2,1H3. The molecule has 3 heteroatoms. The molecule has 3 nitrogen and oxygen atoms in total. The lowest BCUT2D eigenvalue weighted by molar-refractivity contribution is 0.456. The van der Waals surface area contributed by atoms with E-state index in [0.717, 1.165) is 37.5 Å². The predicted molar refractivity (Wildman–Crippen MR) is 77.8 cm³/mol.